The summed E-state index contributed by atoms with van der Waals surface area (Å²) in [5, 5.41) is 0.877. The van der Waals surface area contributed by atoms with Gasteiger partial charge in [-0.25, -0.2) is 4.98 Å². The summed E-state index contributed by atoms with van der Waals surface area (Å²) in [7, 11) is 0. The number of carbonyl (C=O) groups excluding carboxylic acids is 1. The van der Waals surface area contributed by atoms with E-state index in [0.29, 0.717) is 15.9 Å². The lowest BCUT2D eigenvalue weighted by Gasteiger charge is -1.99. The smallest absolute Gasteiger partial charge is 0.266 e. The molecule has 3 aromatic rings. The van der Waals surface area contributed by atoms with E-state index in [1.54, 1.807) is 6.07 Å². The number of nitrogens with one attached hydrogen (secondary N) is 1. The summed E-state index contributed by atoms with van der Waals surface area (Å²) in [5.74, 6) is -0.439. The highest BCUT2D eigenvalue weighted by Crippen LogP contribution is 2.34. The standard InChI is InChI=1S/C12H9N3O2S/c1-5-9-7(18-11(5)12(13)17)3-2-6-10(9)14-4-8(16)15-6/h2-4H,1H3,(H2,13,17)(H,15,16). The highest BCUT2D eigenvalue weighted by atomic mass is 32.1. The molecule has 3 rings (SSSR count). The van der Waals surface area contributed by atoms with E-state index in [9.17, 15) is 9.59 Å². The molecule has 1 amide bonds. The molecule has 0 atom stereocenters. The maximum atomic E-state index is 11.3. The second-order valence-corrected chi connectivity index (χ2v) is 5.05. The number of aryl methyl sites for hydroxylation is 1. The highest BCUT2D eigenvalue weighted by Gasteiger charge is 2.15. The second-order valence-electron chi connectivity index (χ2n) is 4.00. The molecule has 0 saturated heterocycles. The van der Waals surface area contributed by atoms with Gasteiger partial charge in [0.25, 0.3) is 11.5 Å². The normalized spacial score (nSPS) is 11.2. The van der Waals surface area contributed by atoms with E-state index in [1.807, 2.05) is 13.0 Å². The Morgan fingerprint density at radius 1 is 1.44 bits per heavy atom. The maximum Gasteiger partial charge on any atom is 0.266 e. The molecule has 3 N–H and O–H groups in total. The largest absolute Gasteiger partial charge is 0.365 e. The van der Waals surface area contributed by atoms with Crippen molar-refractivity contribution >= 4 is 38.4 Å². The number of thiophene rings is 1. The Morgan fingerprint density at radius 3 is 2.94 bits per heavy atom. The van der Waals surface area contributed by atoms with E-state index in [2.05, 4.69) is 9.97 Å². The molecule has 0 saturated carbocycles. The SMILES string of the molecule is Cc1c(C(N)=O)sc2ccc3[nH]c(=O)cnc3c12. The molecule has 0 bridgehead atoms. The highest BCUT2D eigenvalue weighted by molar-refractivity contribution is 7.21. The predicted molar refractivity (Wildman–Crippen MR) is 71.0 cm³/mol. The van der Waals surface area contributed by atoms with Gasteiger partial charge in [-0.2, -0.15) is 0 Å². The lowest BCUT2D eigenvalue weighted by atomic mass is 10.1. The quantitative estimate of drug-likeness (QED) is 0.694. The minimum atomic E-state index is -0.439. The Morgan fingerprint density at radius 2 is 2.22 bits per heavy atom. The molecule has 0 spiro atoms. The van der Waals surface area contributed by atoms with Crippen LogP contribution in [-0.4, -0.2) is 15.9 Å². The molecule has 0 fully saturated rings. The van der Waals surface area contributed by atoms with Crippen molar-refractivity contribution in [1.29, 1.82) is 0 Å². The van der Waals surface area contributed by atoms with Gasteiger partial charge in [-0.05, 0) is 24.6 Å². The molecular weight excluding hydrogens is 250 g/mol. The first-order chi connectivity index (χ1) is 8.58. The van der Waals surface area contributed by atoms with Crippen molar-refractivity contribution in [3.63, 3.8) is 0 Å². The number of aromatic amines is 1. The monoisotopic (exact) mass is 259 g/mol. The topological polar surface area (TPSA) is 88.8 Å². The number of nitrogens with zero attached hydrogens (tertiary/aromatic N) is 1. The fourth-order valence-electron chi connectivity index (χ4n) is 2.08. The van der Waals surface area contributed by atoms with Crippen molar-refractivity contribution in [3.05, 3.63) is 39.1 Å². The molecule has 2 heterocycles. The summed E-state index contributed by atoms with van der Waals surface area (Å²) < 4.78 is 0.938. The van der Waals surface area contributed by atoms with E-state index in [4.69, 9.17) is 5.73 Å². The number of carbonyl (C=O) groups is 1. The molecule has 0 radical (unpaired) electrons. The van der Waals surface area contributed by atoms with Crippen molar-refractivity contribution in [2.45, 2.75) is 6.92 Å². The third-order valence-electron chi connectivity index (χ3n) is 2.86. The number of primary amides is 1. The van der Waals surface area contributed by atoms with E-state index in [0.717, 1.165) is 15.6 Å². The molecule has 0 unspecified atom stereocenters. The van der Waals surface area contributed by atoms with Gasteiger partial charge in [-0.15, -0.1) is 11.3 Å². The number of H-pyrrole nitrogens is 1. The van der Waals surface area contributed by atoms with Gasteiger partial charge in [-0.3, -0.25) is 9.59 Å². The number of rotatable bonds is 1. The number of benzene rings is 1. The Hall–Kier alpha value is -2.21. The molecule has 90 valence electrons. The van der Waals surface area contributed by atoms with Crippen LogP contribution in [0.2, 0.25) is 0 Å². The van der Waals surface area contributed by atoms with Crippen LogP contribution in [0, 0.1) is 6.92 Å². The third-order valence-corrected chi connectivity index (χ3v) is 4.13. The number of hydrogen-bond acceptors (Lipinski definition) is 4. The predicted octanol–water partition coefficient (Wildman–Crippen LogP) is 1.55. The fourth-order valence-corrected chi connectivity index (χ4v) is 3.14. The first-order valence-electron chi connectivity index (χ1n) is 5.29. The minimum Gasteiger partial charge on any atom is -0.365 e. The van der Waals surface area contributed by atoms with E-state index < -0.39 is 5.91 Å². The molecule has 2 aromatic heterocycles. The summed E-state index contributed by atoms with van der Waals surface area (Å²) in [6.07, 6.45) is 1.24. The molecule has 0 aliphatic heterocycles. The van der Waals surface area contributed by atoms with Gasteiger partial charge in [0, 0.05) is 10.1 Å². The van der Waals surface area contributed by atoms with Crippen LogP contribution >= 0.6 is 11.3 Å². The zero-order valence-corrected chi connectivity index (χ0v) is 10.3. The summed E-state index contributed by atoms with van der Waals surface area (Å²) in [6.45, 7) is 1.84. The number of aromatic nitrogens is 2. The fraction of sp³-hybridized carbons (Fsp3) is 0.0833. The zero-order valence-electron chi connectivity index (χ0n) is 9.48. The summed E-state index contributed by atoms with van der Waals surface area (Å²) >= 11 is 1.34. The van der Waals surface area contributed by atoms with E-state index in [1.165, 1.54) is 17.5 Å². The van der Waals surface area contributed by atoms with Gasteiger partial charge in [0.15, 0.2) is 0 Å². The Balaban J connectivity index is 2.54. The first kappa shape index (κ1) is 10.9. The van der Waals surface area contributed by atoms with Gasteiger partial charge in [0.05, 0.1) is 22.1 Å². The molecular formula is C12H9N3O2S. The van der Waals surface area contributed by atoms with Gasteiger partial charge in [0.2, 0.25) is 0 Å². The van der Waals surface area contributed by atoms with E-state index in [-0.39, 0.29) is 5.56 Å². The van der Waals surface area contributed by atoms with Crippen LogP contribution in [0.15, 0.2) is 23.1 Å². The van der Waals surface area contributed by atoms with Crippen molar-refractivity contribution in [3.8, 4) is 0 Å². The van der Waals surface area contributed by atoms with Gasteiger partial charge in [0.1, 0.15) is 0 Å². The lowest BCUT2D eigenvalue weighted by molar-refractivity contribution is 0.100. The van der Waals surface area contributed by atoms with Crippen molar-refractivity contribution in [2.24, 2.45) is 5.73 Å². The minimum absolute atomic E-state index is 0.246. The Labute approximate surface area is 105 Å². The van der Waals surface area contributed by atoms with Gasteiger partial charge >= 0.3 is 0 Å². The van der Waals surface area contributed by atoms with Crippen LogP contribution in [0.4, 0.5) is 0 Å². The summed E-state index contributed by atoms with van der Waals surface area (Å²) in [4.78, 5) is 30.0. The molecule has 1 aromatic carbocycles. The van der Waals surface area contributed by atoms with Crippen LogP contribution in [0.3, 0.4) is 0 Å². The maximum absolute atomic E-state index is 11.3. The van der Waals surface area contributed by atoms with Gasteiger partial charge in [-0.1, -0.05) is 0 Å². The van der Waals surface area contributed by atoms with Crippen molar-refractivity contribution < 1.29 is 4.79 Å². The van der Waals surface area contributed by atoms with Gasteiger partial charge < -0.3 is 10.7 Å². The summed E-state index contributed by atoms with van der Waals surface area (Å²) in [6, 6.07) is 3.65. The van der Waals surface area contributed by atoms with Crippen molar-refractivity contribution in [2.75, 3.05) is 0 Å². The molecule has 0 aliphatic carbocycles. The van der Waals surface area contributed by atoms with Crippen LogP contribution in [0.5, 0.6) is 0 Å². The average Bonchev–Trinajstić information content (AvgIpc) is 2.67. The first-order valence-corrected chi connectivity index (χ1v) is 6.10. The van der Waals surface area contributed by atoms with Crippen LogP contribution in [0.25, 0.3) is 21.1 Å². The zero-order chi connectivity index (χ0) is 12.9. The molecule has 0 aliphatic rings. The van der Waals surface area contributed by atoms with Crippen molar-refractivity contribution in [1.82, 2.24) is 9.97 Å². The lowest BCUT2D eigenvalue weighted by Crippen LogP contribution is -2.10. The number of hydrogen-bond donors (Lipinski definition) is 2. The Bertz CT molecular complexity index is 848. The number of nitrogens with two attached hydrogens (primary N) is 1. The summed E-state index contributed by atoms with van der Waals surface area (Å²) in [5.41, 5.74) is 7.25. The Kier molecular flexibility index (Phi) is 2.21. The second kappa shape index (κ2) is 3.64. The molecule has 18 heavy (non-hydrogen) atoms. The average molecular weight is 259 g/mol. The number of amides is 1. The van der Waals surface area contributed by atoms with Crippen LogP contribution in [-0.2, 0) is 0 Å². The van der Waals surface area contributed by atoms with E-state index >= 15 is 0 Å². The number of fused-ring (bicyclic) bond motifs is 3. The molecule has 6 heteroatoms. The third kappa shape index (κ3) is 1.42. The van der Waals surface area contributed by atoms with Crippen LogP contribution < -0.4 is 11.3 Å². The van der Waals surface area contributed by atoms with Crippen LogP contribution in [0.1, 0.15) is 15.2 Å². The molecule has 5 nitrogen and oxygen atoms in total.